The molecular formula is C19H21N3O6. The molecule has 28 heavy (non-hydrogen) atoms. The number of benzene rings is 1. The zero-order chi connectivity index (χ0) is 20.8. The molecule has 2 rings (SSSR count). The second kappa shape index (κ2) is 8.85. The van der Waals surface area contributed by atoms with E-state index in [1.165, 1.54) is 20.2 Å². The van der Waals surface area contributed by atoms with Gasteiger partial charge in [0.1, 0.15) is 17.1 Å². The summed E-state index contributed by atoms with van der Waals surface area (Å²) in [4.78, 5) is 48.1. The molecule has 1 aromatic heterocycles. The summed E-state index contributed by atoms with van der Waals surface area (Å²) in [6.07, 6.45) is 2.64. The molecular weight excluding hydrogens is 366 g/mol. The number of hydrogen-bond donors (Lipinski definition) is 1. The maximum atomic E-state index is 12.3. The molecule has 0 aliphatic rings. The van der Waals surface area contributed by atoms with Crippen molar-refractivity contribution in [2.45, 2.75) is 6.92 Å². The van der Waals surface area contributed by atoms with Crippen LogP contribution in [0.2, 0.25) is 0 Å². The number of para-hydroxylation sites is 1. The highest BCUT2D eigenvalue weighted by molar-refractivity contribution is 6.01. The summed E-state index contributed by atoms with van der Waals surface area (Å²) in [6, 6.07) is 7.11. The number of nitrogens with zero attached hydrogens (tertiary/aromatic N) is 2. The second-order valence-corrected chi connectivity index (χ2v) is 5.80. The van der Waals surface area contributed by atoms with Gasteiger partial charge in [-0.25, -0.2) is 9.59 Å². The number of ether oxygens (including phenoxy) is 2. The molecule has 0 amide bonds. The zero-order valence-corrected chi connectivity index (χ0v) is 15.8. The Labute approximate surface area is 160 Å². The molecule has 0 atom stereocenters. The first-order valence-electron chi connectivity index (χ1n) is 8.43. The highest BCUT2D eigenvalue weighted by atomic mass is 16.5. The first-order valence-corrected chi connectivity index (χ1v) is 8.43. The fourth-order valence-corrected chi connectivity index (χ4v) is 2.44. The van der Waals surface area contributed by atoms with E-state index in [2.05, 4.69) is 0 Å². The van der Waals surface area contributed by atoms with Crippen LogP contribution in [-0.4, -0.2) is 34.1 Å². The summed E-state index contributed by atoms with van der Waals surface area (Å²) in [5.41, 5.74) is 4.47. The SMILES string of the molecule is CCOc1ccccc1/C=C/C(=O)OCC(=O)c1c(N)n(C)c(=O)n(C)c1=O. The lowest BCUT2D eigenvalue weighted by Gasteiger charge is -2.10. The third-order valence-electron chi connectivity index (χ3n) is 3.95. The summed E-state index contributed by atoms with van der Waals surface area (Å²) < 4.78 is 12.1. The molecule has 2 N–H and O–H groups in total. The molecule has 0 aliphatic heterocycles. The second-order valence-electron chi connectivity index (χ2n) is 5.80. The smallest absolute Gasteiger partial charge is 0.332 e. The van der Waals surface area contributed by atoms with Crippen molar-refractivity contribution >= 4 is 23.6 Å². The summed E-state index contributed by atoms with van der Waals surface area (Å²) in [5, 5.41) is 0. The first-order chi connectivity index (χ1) is 13.3. The van der Waals surface area contributed by atoms with Gasteiger partial charge in [0.15, 0.2) is 6.61 Å². The third-order valence-corrected chi connectivity index (χ3v) is 3.95. The lowest BCUT2D eigenvalue weighted by atomic mass is 10.2. The predicted molar refractivity (Wildman–Crippen MR) is 103 cm³/mol. The van der Waals surface area contributed by atoms with E-state index in [1.807, 2.05) is 6.92 Å². The molecule has 0 aliphatic carbocycles. The molecule has 1 aromatic carbocycles. The minimum atomic E-state index is -0.845. The standard InChI is InChI=1S/C19H21N3O6/c1-4-27-14-8-6-5-7-12(14)9-10-15(24)28-11-13(23)16-17(20)21(2)19(26)22(3)18(16)25/h5-10H,4,11,20H2,1-3H3/b10-9+. The van der Waals surface area contributed by atoms with Gasteiger partial charge in [-0.15, -0.1) is 0 Å². The van der Waals surface area contributed by atoms with Crippen molar-refractivity contribution in [2.75, 3.05) is 18.9 Å². The number of nitrogens with two attached hydrogens (primary N) is 1. The molecule has 2 aromatic rings. The lowest BCUT2D eigenvalue weighted by Crippen LogP contribution is -2.42. The molecule has 1 heterocycles. The van der Waals surface area contributed by atoms with E-state index in [1.54, 1.807) is 24.3 Å². The Morgan fingerprint density at radius 2 is 1.82 bits per heavy atom. The number of Topliss-reactive ketones (excluding diaryl/α,β-unsaturated/α-hetero) is 1. The maximum absolute atomic E-state index is 12.3. The van der Waals surface area contributed by atoms with Crippen molar-refractivity contribution in [3.8, 4) is 5.75 Å². The fraction of sp³-hybridized carbons (Fsp3) is 0.263. The Hall–Kier alpha value is -3.62. The first kappa shape index (κ1) is 20.7. The van der Waals surface area contributed by atoms with Crippen molar-refractivity contribution in [1.29, 1.82) is 0 Å². The number of rotatable bonds is 7. The normalized spacial score (nSPS) is 10.8. The monoisotopic (exact) mass is 387 g/mol. The zero-order valence-electron chi connectivity index (χ0n) is 15.8. The van der Waals surface area contributed by atoms with E-state index in [9.17, 15) is 19.2 Å². The largest absolute Gasteiger partial charge is 0.493 e. The number of esters is 1. The van der Waals surface area contributed by atoms with Crippen molar-refractivity contribution < 1.29 is 19.1 Å². The van der Waals surface area contributed by atoms with Gasteiger partial charge >= 0.3 is 11.7 Å². The van der Waals surface area contributed by atoms with Crippen LogP contribution in [0.25, 0.3) is 6.08 Å². The lowest BCUT2D eigenvalue weighted by molar-refractivity contribution is -0.136. The Balaban J connectivity index is 2.11. The third kappa shape index (κ3) is 4.37. The maximum Gasteiger partial charge on any atom is 0.332 e. The van der Waals surface area contributed by atoms with Gasteiger partial charge in [0.05, 0.1) is 6.61 Å². The van der Waals surface area contributed by atoms with Crippen molar-refractivity contribution in [2.24, 2.45) is 14.1 Å². The van der Waals surface area contributed by atoms with Crippen LogP contribution in [0.1, 0.15) is 22.8 Å². The van der Waals surface area contributed by atoms with E-state index < -0.39 is 35.2 Å². The van der Waals surface area contributed by atoms with Gasteiger partial charge in [-0.2, -0.15) is 0 Å². The van der Waals surface area contributed by atoms with E-state index >= 15 is 0 Å². The Kier molecular flexibility index (Phi) is 6.54. The predicted octanol–water partition coefficient (Wildman–Crippen LogP) is 0.504. The number of nitrogen functional groups attached to an aromatic ring is 1. The molecule has 9 nitrogen and oxygen atoms in total. The summed E-state index contributed by atoms with van der Waals surface area (Å²) in [6.45, 7) is 1.63. The van der Waals surface area contributed by atoms with Crippen LogP contribution in [0.5, 0.6) is 5.75 Å². The van der Waals surface area contributed by atoms with Gasteiger partial charge in [0.25, 0.3) is 5.56 Å². The van der Waals surface area contributed by atoms with Gasteiger partial charge in [-0.05, 0) is 19.1 Å². The van der Waals surface area contributed by atoms with Gasteiger partial charge in [0, 0.05) is 25.7 Å². The van der Waals surface area contributed by atoms with Gasteiger partial charge in [-0.3, -0.25) is 18.7 Å². The van der Waals surface area contributed by atoms with Crippen LogP contribution in [0.3, 0.4) is 0 Å². The Morgan fingerprint density at radius 3 is 2.50 bits per heavy atom. The van der Waals surface area contributed by atoms with Crippen molar-refractivity contribution in [1.82, 2.24) is 9.13 Å². The van der Waals surface area contributed by atoms with Gasteiger partial charge < -0.3 is 15.2 Å². The average molecular weight is 387 g/mol. The molecule has 0 unspecified atom stereocenters. The molecule has 0 radical (unpaired) electrons. The highest BCUT2D eigenvalue weighted by Gasteiger charge is 2.21. The van der Waals surface area contributed by atoms with Crippen molar-refractivity contribution in [3.05, 3.63) is 62.3 Å². The van der Waals surface area contributed by atoms with Crippen LogP contribution in [0.15, 0.2) is 39.9 Å². The van der Waals surface area contributed by atoms with Crippen LogP contribution in [0, 0.1) is 0 Å². The number of ketones is 1. The van der Waals surface area contributed by atoms with Gasteiger partial charge in [0.2, 0.25) is 5.78 Å². The number of carbonyl (C=O) groups excluding carboxylic acids is 2. The van der Waals surface area contributed by atoms with E-state index in [4.69, 9.17) is 15.2 Å². The van der Waals surface area contributed by atoms with E-state index in [0.29, 0.717) is 17.9 Å². The molecule has 9 heteroatoms. The van der Waals surface area contributed by atoms with Crippen LogP contribution in [-0.2, 0) is 23.6 Å². The fourth-order valence-electron chi connectivity index (χ4n) is 2.44. The molecule has 0 spiro atoms. The molecule has 0 saturated heterocycles. The quantitative estimate of drug-likeness (QED) is 0.417. The minimum Gasteiger partial charge on any atom is -0.493 e. The summed E-state index contributed by atoms with van der Waals surface area (Å²) in [7, 11) is 2.56. The van der Waals surface area contributed by atoms with E-state index in [-0.39, 0.29) is 5.82 Å². The van der Waals surface area contributed by atoms with Crippen LogP contribution in [0.4, 0.5) is 5.82 Å². The molecule has 0 saturated carbocycles. The van der Waals surface area contributed by atoms with Crippen molar-refractivity contribution in [3.63, 3.8) is 0 Å². The van der Waals surface area contributed by atoms with Crippen LogP contribution < -0.4 is 21.7 Å². The average Bonchev–Trinajstić information content (AvgIpc) is 2.69. The molecule has 148 valence electrons. The topological polar surface area (TPSA) is 123 Å². The number of hydrogen-bond acceptors (Lipinski definition) is 7. The highest BCUT2D eigenvalue weighted by Crippen LogP contribution is 2.19. The number of carbonyl (C=O) groups is 2. The summed E-state index contributed by atoms with van der Waals surface area (Å²) >= 11 is 0. The Morgan fingerprint density at radius 1 is 1.14 bits per heavy atom. The van der Waals surface area contributed by atoms with Crippen LogP contribution >= 0.6 is 0 Å². The summed E-state index contributed by atoms with van der Waals surface area (Å²) in [5.74, 6) is -1.26. The molecule has 0 bridgehead atoms. The number of aromatic nitrogens is 2. The van der Waals surface area contributed by atoms with Gasteiger partial charge in [-0.1, -0.05) is 18.2 Å². The minimum absolute atomic E-state index is 0.282. The Bertz CT molecular complexity index is 1050. The number of anilines is 1. The molecule has 0 fully saturated rings. The van der Waals surface area contributed by atoms with E-state index in [0.717, 1.165) is 15.2 Å².